The van der Waals surface area contributed by atoms with E-state index < -0.39 is 46.2 Å². The normalized spacial score (nSPS) is 32.2. The van der Waals surface area contributed by atoms with Gasteiger partial charge in [-0.25, -0.2) is 22.0 Å². The van der Waals surface area contributed by atoms with Gasteiger partial charge >= 0.3 is 5.92 Å². The lowest BCUT2D eigenvalue weighted by Crippen LogP contribution is -2.34. The molecular formula is C13H7F7O. The summed E-state index contributed by atoms with van der Waals surface area (Å²) >= 11 is 0. The lowest BCUT2D eigenvalue weighted by atomic mass is 9.88. The zero-order valence-corrected chi connectivity index (χ0v) is 10.4. The molecule has 2 rings (SSSR count). The third-order valence-corrected chi connectivity index (χ3v) is 3.01. The number of hydrogen-bond acceptors (Lipinski definition) is 1. The first kappa shape index (κ1) is 15.6. The monoisotopic (exact) mass is 312 g/mol. The summed E-state index contributed by atoms with van der Waals surface area (Å²) in [5.41, 5.74) is -3.11. The van der Waals surface area contributed by atoms with E-state index in [9.17, 15) is 30.7 Å². The lowest BCUT2D eigenvalue weighted by Gasteiger charge is -2.30. The summed E-state index contributed by atoms with van der Waals surface area (Å²) in [5.74, 6) is -18.2. The van der Waals surface area contributed by atoms with Crippen LogP contribution in [-0.2, 0) is 4.74 Å². The molecule has 0 aliphatic heterocycles. The van der Waals surface area contributed by atoms with Crippen molar-refractivity contribution in [1.29, 1.82) is 0 Å². The van der Waals surface area contributed by atoms with Gasteiger partial charge in [0.2, 0.25) is 5.83 Å². The summed E-state index contributed by atoms with van der Waals surface area (Å²) in [5, 5.41) is 0. The Hall–Kier alpha value is -1.83. The Labute approximate surface area is 114 Å². The van der Waals surface area contributed by atoms with E-state index in [1.807, 2.05) is 0 Å². The van der Waals surface area contributed by atoms with Crippen LogP contribution in [0.1, 0.15) is 0 Å². The molecule has 0 radical (unpaired) electrons. The van der Waals surface area contributed by atoms with Crippen LogP contribution in [-0.4, -0.2) is 18.9 Å². The van der Waals surface area contributed by atoms with Crippen LogP contribution < -0.4 is 0 Å². The maximum Gasteiger partial charge on any atom is 0.330 e. The van der Waals surface area contributed by atoms with E-state index in [4.69, 9.17) is 0 Å². The average molecular weight is 312 g/mol. The van der Waals surface area contributed by atoms with Crippen molar-refractivity contribution < 1.29 is 35.5 Å². The van der Waals surface area contributed by atoms with E-state index in [0.717, 1.165) is 19.3 Å². The van der Waals surface area contributed by atoms with Gasteiger partial charge in [0.15, 0.2) is 17.5 Å². The van der Waals surface area contributed by atoms with Crippen molar-refractivity contribution >= 4 is 0 Å². The highest BCUT2D eigenvalue weighted by Crippen LogP contribution is 2.50. The summed E-state index contributed by atoms with van der Waals surface area (Å²) in [6, 6.07) is 0. The first-order chi connectivity index (χ1) is 9.66. The highest BCUT2D eigenvalue weighted by atomic mass is 19.3. The predicted molar refractivity (Wildman–Crippen MR) is 59.6 cm³/mol. The summed E-state index contributed by atoms with van der Waals surface area (Å²) in [4.78, 5) is 0. The first-order valence-electron chi connectivity index (χ1n) is 5.51. The molecular weight excluding hydrogens is 305 g/mol. The van der Waals surface area contributed by atoms with Gasteiger partial charge in [0, 0.05) is 12.7 Å². The highest BCUT2D eigenvalue weighted by Gasteiger charge is 2.54. The fourth-order valence-electron chi connectivity index (χ4n) is 1.94. The Morgan fingerprint density at radius 1 is 0.905 bits per heavy atom. The van der Waals surface area contributed by atoms with E-state index >= 15 is 0 Å². The van der Waals surface area contributed by atoms with Gasteiger partial charge in [0.05, 0.1) is 5.57 Å². The predicted octanol–water partition coefficient (Wildman–Crippen LogP) is 4.67. The fourth-order valence-corrected chi connectivity index (χ4v) is 1.94. The number of halogens is 7. The number of alkyl halides is 3. The smallest absolute Gasteiger partial charge is 0.330 e. The van der Waals surface area contributed by atoms with Crippen molar-refractivity contribution in [1.82, 2.24) is 0 Å². The Balaban J connectivity index is 2.81. The molecule has 0 spiro atoms. The van der Waals surface area contributed by atoms with E-state index in [1.165, 1.54) is 0 Å². The van der Waals surface area contributed by atoms with Gasteiger partial charge in [0.1, 0.15) is 0 Å². The number of allylic oxidation sites excluding steroid dienone is 7. The Morgan fingerprint density at radius 2 is 1.52 bits per heavy atom. The van der Waals surface area contributed by atoms with Crippen molar-refractivity contribution in [3.8, 4) is 0 Å². The largest absolute Gasteiger partial charge is 0.342 e. The molecule has 2 aliphatic rings. The molecule has 0 saturated carbocycles. The molecule has 114 valence electrons. The van der Waals surface area contributed by atoms with Crippen molar-refractivity contribution in [3.63, 3.8) is 0 Å². The van der Waals surface area contributed by atoms with E-state index in [2.05, 4.69) is 4.74 Å². The Bertz CT molecular complexity index is 639. The molecule has 0 heterocycles. The molecule has 0 saturated heterocycles. The van der Waals surface area contributed by atoms with Gasteiger partial charge in [-0.1, -0.05) is 18.2 Å². The zero-order valence-electron chi connectivity index (χ0n) is 10.4. The molecule has 8 heteroatoms. The molecule has 1 nitrogen and oxygen atoms in total. The lowest BCUT2D eigenvalue weighted by molar-refractivity contribution is -0.0494. The third-order valence-electron chi connectivity index (χ3n) is 3.01. The minimum absolute atomic E-state index is 0.642. The number of methoxy groups -OCH3 is 1. The molecule has 0 fully saturated rings. The Kier molecular flexibility index (Phi) is 3.61. The van der Waals surface area contributed by atoms with Gasteiger partial charge in [-0.05, 0) is 6.08 Å². The second-order valence-electron chi connectivity index (χ2n) is 4.19. The van der Waals surface area contributed by atoms with Gasteiger partial charge in [-0.3, -0.25) is 0 Å². The second kappa shape index (κ2) is 4.87. The van der Waals surface area contributed by atoms with Crippen LogP contribution in [0.5, 0.6) is 0 Å². The van der Waals surface area contributed by atoms with Crippen LogP contribution in [0.4, 0.5) is 30.7 Å². The van der Waals surface area contributed by atoms with Crippen LogP contribution in [0, 0.1) is 0 Å². The molecule has 0 amide bonds. The number of ether oxygens (including phenoxy) is 1. The topological polar surface area (TPSA) is 9.23 Å². The third kappa shape index (κ3) is 2.14. The molecule has 2 aliphatic carbocycles. The highest BCUT2D eigenvalue weighted by molar-refractivity contribution is 5.57. The molecule has 0 aromatic carbocycles. The SMILES string of the molecule is COC1(F)C=CC=CC1=C1C(F)=C(F)C(F)=C(F)C1(F)F. The van der Waals surface area contributed by atoms with Crippen molar-refractivity contribution in [3.05, 3.63) is 58.8 Å². The fraction of sp³-hybridized carbons (Fsp3) is 0.231. The molecule has 21 heavy (non-hydrogen) atoms. The molecule has 0 aromatic heterocycles. The summed E-state index contributed by atoms with van der Waals surface area (Å²) in [7, 11) is 0.787. The van der Waals surface area contributed by atoms with Crippen LogP contribution in [0.2, 0.25) is 0 Å². The van der Waals surface area contributed by atoms with Crippen molar-refractivity contribution in [2.45, 2.75) is 11.8 Å². The average Bonchev–Trinajstić information content (AvgIpc) is 2.45. The standard InChI is InChI=1S/C13H7F7O/c1-21-12(18)5-3-2-4-6(12)7-8(14)9(15)10(16)11(17)13(7,19)20/h2-5H,1H3. The molecule has 0 aromatic rings. The van der Waals surface area contributed by atoms with Crippen molar-refractivity contribution in [2.75, 3.05) is 7.11 Å². The maximum absolute atomic E-state index is 14.3. The van der Waals surface area contributed by atoms with E-state index in [-0.39, 0.29) is 0 Å². The van der Waals surface area contributed by atoms with Crippen LogP contribution in [0.25, 0.3) is 0 Å². The van der Waals surface area contributed by atoms with Gasteiger partial charge in [-0.2, -0.15) is 8.78 Å². The second-order valence-corrected chi connectivity index (χ2v) is 4.19. The Morgan fingerprint density at radius 3 is 2.10 bits per heavy atom. The van der Waals surface area contributed by atoms with E-state index in [1.54, 1.807) is 0 Å². The zero-order chi connectivity index (χ0) is 16.0. The first-order valence-corrected chi connectivity index (χ1v) is 5.51. The molecule has 1 unspecified atom stereocenters. The van der Waals surface area contributed by atoms with Gasteiger partial charge in [-0.15, -0.1) is 0 Å². The maximum atomic E-state index is 14.3. The minimum atomic E-state index is -4.87. The molecule has 0 N–H and O–H groups in total. The van der Waals surface area contributed by atoms with Crippen LogP contribution >= 0.6 is 0 Å². The van der Waals surface area contributed by atoms with Gasteiger partial charge in [0.25, 0.3) is 5.85 Å². The quantitative estimate of drug-likeness (QED) is 0.639. The van der Waals surface area contributed by atoms with E-state index in [0.29, 0.717) is 12.2 Å². The summed E-state index contributed by atoms with van der Waals surface area (Å²) in [6.45, 7) is 0. The molecule has 0 bridgehead atoms. The van der Waals surface area contributed by atoms with Crippen molar-refractivity contribution in [2.24, 2.45) is 0 Å². The van der Waals surface area contributed by atoms with Crippen LogP contribution in [0.3, 0.4) is 0 Å². The van der Waals surface area contributed by atoms with Gasteiger partial charge < -0.3 is 4.74 Å². The number of hydrogen-bond donors (Lipinski definition) is 0. The number of rotatable bonds is 1. The minimum Gasteiger partial charge on any atom is -0.342 e. The summed E-state index contributed by atoms with van der Waals surface area (Å²) < 4.78 is 99.1. The van der Waals surface area contributed by atoms with Crippen LogP contribution in [0.15, 0.2) is 58.8 Å². The molecule has 1 atom stereocenters. The summed E-state index contributed by atoms with van der Waals surface area (Å²) in [6.07, 6.45) is 3.41.